The zero-order valence-corrected chi connectivity index (χ0v) is 12.5. The van der Waals surface area contributed by atoms with Crippen LogP contribution in [0.3, 0.4) is 0 Å². The Morgan fingerprint density at radius 3 is 2.73 bits per heavy atom. The maximum absolute atomic E-state index is 11.7. The SMILES string of the molecule is C=CCOc1ccc(C=CC(=O)OC2CCCCC2=O)cc1. The zero-order valence-electron chi connectivity index (χ0n) is 12.5. The molecule has 1 atom stereocenters. The third-order valence-electron chi connectivity index (χ3n) is 3.42. The first-order chi connectivity index (χ1) is 10.7. The molecule has 1 aliphatic rings. The summed E-state index contributed by atoms with van der Waals surface area (Å²) in [4.78, 5) is 23.3. The first-order valence-corrected chi connectivity index (χ1v) is 7.44. The number of benzene rings is 1. The van der Waals surface area contributed by atoms with E-state index in [1.165, 1.54) is 6.08 Å². The molecule has 1 unspecified atom stereocenters. The monoisotopic (exact) mass is 300 g/mol. The molecule has 0 amide bonds. The van der Waals surface area contributed by atoms with Gasteiger partial charge in [0.25, 0.3) is 0 Å². The van der Waals surface area contributed by atoms with Crippen molar-refractivity contribution in [2.75, 3.05) is 6.61 Å². The minimum absolute atomic E-state index is 0.0247. The van der Waals surface area contributed by atoms with E-state index in [4.69, 9.17) is 9.47 Å². The number of ketones is 1. The maximum atomic E-state index is 11.7. The molecule has 0 aromatic heterocycles. The van der Waals surface area contributed by atoms with Crippen molar-refractivity contribution in [3.05, 3.63) is 48.6 Å². The summed E-state index contributed by atoms with van der Waals surface area (Å²) in [6.45, 7) is 4.04. The van der Waals surface area contributed by atoms with Crippen LogP contribution in [0.4, 0.5) is 0 Å². The highest BCUT2D eigenvalue weighted by atomic mass is 16.5. The Morgan fingerprint density at radius 2 is 2.05 bits per heavy atom. The van der Waals surface area contributed by atoms with Crippen molar-refractivity contribution < 1.29 is 19.1 Å². The van der Waals surface area contributed by atoms with Crippen LogP contribution in [0.1, 0.15) is 31.2 Å². The van der Waals surface area contributed by atoms with Crippen molar-refractivity contribution in [1.29, 1.82) is 0 Å². The van der Waals surface area contributed by atoms with Crippen LogP contribution >= 0.6 is 0 Å². The Hall–Kier alpha value is -2.36. The molecule has 22 heavy (non-hydrogen) atoms. The van der Waals surface area contributed by atoms with E-state index in [2.05, 4.69) is 6.58 Å². The topological polar surface area (TPSA) is 52.6 Å². The lowest BCUT2D eigenvalue weighted by atomic mass is 9.96. The minimum Gasteiger partial charge on any atom is -0.490 e. The fourth-order valence-electron chi connectivity index (χ4n) is 2.25. The Labute approximate surface area is 130 Å². The van der Waals surface area contributed by atoms with E-state index in [-0.39, 0.29) is 5.78 Å². The number of ether oxygens (including phenoxy) is 2. The quantitative estimate of drug-likeness (QED) is 0.459. The molecule has 0 N–H and O–H groups in total. The normalized spacial score (nSPS) is 18.2. The molecular formula is C18H20O4. The number of rotatable bonds is 6. The van der Waals surface area contributed by atoms with E-state index < -0.39 is 12.1 Å². The standard InChI is InChI=1S/C18H20O4/c1-2-13-21-15-10-7-14(8-11-15)9-12-18(20)22-17-6-4-3-5-16(17)19/h2,7-12,17H,1,3-6,13H2. The maximum Gasteiger partial charge on any atom is 0.331 e. The molecule has 1 fully saturated rings. The van der Waals surface area contributed by atoms with Gasteiger partial charge in [-0.1, -0.05) is 24.8 Å². The molecule has 1 aromatic carbocycles. The van der Waals surface area contributed by atoms with E-state index >= 15 is 0 Å². The lowest BCUT2D eigenvalue weighted by Gasteiger charge is -2.19. The van der Waals surface area contributed by atoms with E-state index in [9.17, 15) is 9.59 Å². The number of hydrogen-bond acceptors (Lipinski definition) is 4. The highest BCUT2D eigenvalue weighted by Gasteiger charge is 2.24. The Bertz CT molecular complexity index is 557. The molecule has 0 heterocycles. The zero-order chi connectivity index (χ0) is 15.8. The second kappa shape index (κ2) is 8.17. The Morgan fingerprint density at radius 1 is 1.27 bits per heavy atom. The van der Waals surface area contributed by atoms with E-state index in [1.807, 2.05) is 24.3 Å². The summed E-state index contributed by atoms with van der Waals surface area (Å²) in [5, 5.41) is 0. The van der Waals surface area contributed by atoms with Gasteiger partial charge in [0.1, 0.15) is 12.4 Å². The lowest BCUT2D eigenvalue weighted by molar-refractivity contribution is -0.152. The van der Waals surface area contributed by atoms with Gasteiger partial charge < -0.3 is 9.47 Å². The molecule has 0 saturated heterocycles. The molecule has 2 rings (SSSR count). The average Bonchev–Trinajstić information content (AvgIpc) is 2.54. The van der Waals surface area contributed by atoms with Gasteiger partial charge in [0.2, 0.25) is 0 Å². The number of carbonyl (C=O) groups is 2. The number of hydrogen-bond donors (Lipinski definition) is 0. The molecule has 1 saturated carbocycles. The van der Waals surface area contributed by atoms with E-state index in [0.717, 1.165) is 24.2 Å². The molecule has 4 heteroatoms. The van der Waals surface area contributed by atoms with Crippen LogP contribution in [-0.2, 0) is 14.3 Å². The molecule has 0 radical (unpaired) electrons. The molecular weight excluding hydrogens is 280 g/mol. The van der Waals surface area contributed by atoms with Crippen LogP contribution in [0.2, 0.25) is 0 Å². The molecule has 4 nitrogen and oxygen atoms in total. The Kier molecular flexibility index (Phi) is 5.95. The van der Waals surface area contributed by atoms with Crippen LogP contribution < -0.4 is 4.74 Å². The van der Waals surface area contributed by atoms with Crippen LogP contribution in [0.25, 0.3) is 6.08 Å². The largest absolute Gasteiger partial charge is 0.490 e. The van der Waals surface area contributed by atoms with Crippen molar-refractivity contribution in [1.82, 2.24) is 0 Å². The van der Waals surface area contributed by atoms with Gasteiger partial charge in [-0.25, -0.2) is 4.79 Å². The summed E-state index contributed by atoms with van der Waals surface area (Å²) in [6, 6.07) is 7.32. The van der Waals surface area contributed by atoms with Gasteiger partial charge in [0, 0.05) is 12.5 Å². The summed E-state index contributed by atoms with van der Waals surface area (Å²) < 4.78 is 10.6. The van der Waals surface area contributed by atoms with Crippen LogP contribution in [0, 0.1) is 0 Å². The van der Waals surface area contributed by atoms with Gasteiger partial charge in [-0.3, -0.25) is 4.79 Å². The molecule has 1 aliphatic carbocycles. The fraction of sp³-hybridized carbons (Fsp3) is 0.333. The summed E-state index contributed by atoms with van der Waals surface area (Å²) in [7, 11) is 0. The van der Waals surface area contributed by atoms with Crippen molar-refractivity contribution in [3.63, 3.8) is 0 Å². The molecule has 116 valence electrons. The fourth-order valence-corrected chi connectivity index (χ4v) is 2.25. The minimum atomic E-state index is -0.569. The number of carbonyl (C=O) groups excluding carboxylic acids is 2. The van der Waals surface area contributed by atoms with E-state index in [0.29, 0.717) is 19.4 Å². The van der Waals surface area contributed by atoms with Crippen molar-refractivity contribution in [2.24, 2.45) is 0 Å². The van der Waals surface area contributed by atoms with Gasteiger partial charge in [-0.15, -0.1) is 0 Å². The van der Waals surface area contributed by atoms with Gasteiger partial charge in [0.15, 0.2) is 11.9 Å². The summed E-state index contributed by atoms with van der Waals surface area (Å²) in [5.41, 5.74) is 0.859. The van der Waals surface area contributed by atoms with Gasteiger partial charge in [0.05, 0.1) is 0 Å². The van der Waals surface area contributed by atoms with Gasteiger partial charge in [-0.05, 0) is 43.0 Å². The van der Waals surface area contributed by atoms with Crippen LogP contribution in [0.5, 0.6) is 5.75 Å². The molecule has 0 bridgehead atoms. The van der Waals surface area contributed by atoms with Crippen LogP contribution in [0.15, 0.2) is 43.0 Å². The van der Waals surface area contributed by atoms with Crippen LogP contribution in [-0.4, -0.2) is 24.5 Å². The summed E-state index contributed by atoms with van der Waals surface area (Å²) >= 11 is 0. The molecule has 1 aromatic rings. The first-order valence-electron chi connectivity index (χ1n) is 7.44. The van der Waals surface area contributed by atoms with Crippen molar-refractivity contribution in [2.45, 2.75) is 31.8 Å². The number of Topliss-reactive ketones (excluding diaryl/α,β-unsaturated/α-hetero) is 1. The second-order valence-corrected chi connectivity index (χ2v) is 5.14. The predicted molar refractivity (Wildman–Crippen MR) is 84.5 cm³/mol. The predicted octanol–water partition coefficient (Wildman–Crippen LogP) is 3.32. The molecule has 0 aliphatic heterocycles. The second-order valence-electron chi connectivity index (χ2n) is 5.14. The van der Waals surface area contributed by atoms with Crippen molar-refractivity contribution in [3.8, 4) is 5.75 Å². The number of esters is 1. The summed E-state index contributed by atoms with van der Waals surface area (Å²) in [6.07, 6.45) is 7.08. The highest BCUT2D eigenvalue weighted by molar-refractivity contribution is 5.91. The smallest absolute Gasteiger partial charge is 0.331 e. The summed E-state index contributed by atoms with van der Waals surface area (Å²) in [5.74, 6) is 0.288. The lowest BCUT2D eigenvalue weighted by Crippen LogP contribution is -2.29. The average molecular weight is 300 g/mol. The highest BCUT2D eigenvalue weighted by Crippen LogP contribution is 2.18. The van der Waals surface area contributed by atoms with E-state index in [1.54, 1.807) is 12.2 Å². The third kappa shape index (κ3) is 4.88. The van der Waals surface area contributed by atoms with Gasteiger partial charge >= 0.3 is 5.97 Å². The first kappa shape index (κ1) is 16.0. The molecule has 0 spiro atoms. The van der Waals surface area contributed by atoms with Gasteiger partial charge in [-0.2, -0.15) is 0 Å². The third-order valence-corrected chi connectivity index (χ3v) is 3.42. The van der Waals surface area contributed by atoms with Crippen molar-refractivity contribution >= 4 is 17.8 Å². The Balaban J connectivity index is 1.86.